The van der Waals surface area contributed by atoms with Gasteiger partial charge in [-0.2, -0.15) is 0 Å². The van der Waals surface area contributed by atoms with Gasteiger partial charge < -0.3 is 11.1 Å². The molecule has 1 rings (SSSR count). The molecule has 0 aliphatic carbocycles. The fourth-order valence-corrected chi connectivity index (χ4v) is 1.20. The van der Waals surface area contributed by atoms with Crippen LogP contribution in [0.3, 0.4) is 0 Å². The van der Waals surface area contributed by atoms with Crippen LogP contribution in [-0.2, 0) is 6.54 Å². The molecule has 0 aromatic carbocycles. The minimum absolute atomic E-state index is 0.227. The minimum atomic E-state index is -0.227. The van der Waals surface area contributed by atoms with E-state index < -0.39 is 0 Å². The summed E-state index contributed by atoms with van der Waals surface area (Å²) in [4.78, 5) is 15.6. The summed E-state index contributed by atoms with van der Waals surface area (Å²) in [6, 6.07) is 5.14. The van der Waals surface area contributed by atoms with Crippen molar-refractivity contribution in [3.63, 3.8) is 0 Å². The highest BCUT2D eigenvalue weighted by molar-refractivity contribution is 5.88. The number of nitrogens with zero attached hydrogens (tertiary/aromatic N) is 1. The lowest BCUT2D eigenvalue weighted by Crippen LogP contribution is -2.29. The van der Waals surface area contributed by atoms with Gasteiger partial charge in [-0.3, -0.25) is 5.32 Å². The Hall–Kier alpha value is -1.62. The lowest BCUT2D eigenvalue weighted by atomic mass is 10.3. The molecule has 1 aromatic heterocycles. The Kier molecular flexibility index (Phi) is 5.28. The largest absolute Gasteiger partial charge is 0.338 e. The number of carbonyl (C=O) groups excluding carboxylic acids is 1. The first-order valence-electron chi connectivity index (χ1n) is 5.47. The number of nitrogens with two attached hydrogens (primary N) is 1. The molecule has 1 aromatic rings. The second-order valence-corrected chi connectivity index (χ2v) is 3.45. The van der Waals surface area contributed by atoms with Gasteiger partial charge in [-0.1, -0.05) is 19.4 Å². The van der Waals surface area contributed by atoms with Gasteiger partial charge in [-0.05, 0) is 18.6 Å². The number of pyridine rings is 1. The molecule has 0 radical (unpaired) electrons. The molecule has 1 heterocycles. The zero-order valence-corrected chi connectivity index (χ0v) is 9.49. The van der Waals surface area contributed by atoms with Crippen molar-refractivity contribution < 1.29 is 4.79 Å². The van der Waals surface area contributed by atoms with Gasteiger partial charge in [0.15, 0.2) is 0 Å². The molecule has 0 aliphatic heterocycles. The third-order valence-electron chi connectivity index (χ3n) is 2.07. The number of amides is 2. The lowest BCUT2D eigenvalue weighted by Gasteiger charge is -2.07. The van der Waals surface area contributed by atoms with Crippen molar-refractivity contribution in [2.75, 3.05) is 11.9 Å². The van der Waals surface area contributed by atoms with Crippen LogP contribution >= 0.6 is 0 Å². The molecule has 0 saturated heterocycles. The molecule has 4 N–H and O–H groups in total. The maximum absolute atomic E-state index is 11.4. The molecular weight excluding hydrogens is 204 g/mol. The molecule has 0 atom stereocenters. The molecule has 16 heavy (non-hydrogen) atoms. The van der Waals surface area contributed by atoms with Gasteiger partial charge in [0.1, 0.15) is 5.82 Å². The molecule has 0 aliphatic rings. The van der Waals surface area contributed by atoms with Crippen molar-refractivity contribution in [2.45, 2.75) is 26.3 Å². The van der Waals surface area contributed by atoms with Crippen molar-refractivity contribution >= 4 is 11.8 Å². The highest BCUT2D eigenvalue weighted by atomic mass is 16.2. The quantitative estimate of drug-likeness (QED) is 0.660. The third-order valence-corrected chi connectivity index (χ3v) is 2.07. The Labute approximate surface area is 95.4 Å². The van der Waals surface area contributed by atoms with Crippen molar-refractivity contribution in [2.24, 2.45) is 5.73 Å². The Morgan fingerprint density at radius 1 is 1.50 bits per heavy atom. The summed E-state index contributed by atoms with van der Waals surface area (Å²) < 4.78 is 0. The van der Waals surface area contributed by atoms with Crippen LogP contribution in [0.25, 0.3) is 0 Å². The fourth-order valence-electron chi connectivity index (χ4n) is 1.20. The van der Waals surface area contributed by atoms with Crippen LogP contribution in [0.5, 0.6) is 0 Å². The highest BCUT2D eigenvalue weighted by Gasteiger charge is 2.01. The molecule has 0 spiro atoms. The van der Waals surface area contributed by atoms with E-state index in [4.69, 9.17) is 5.73 Å². The van der Waals surface area contributed by atoms with Crippen LogP contribution in [0.1, 0.15) is 25.5 Å². The zero-order valence-electron chi connectivity index (χ0n) is 9.49. The van der Waals surface area contributed by atoms with E-state index in [1.807, 2.05) is 12.1 Å². The molecule has 0 unspecified atom stereocenters. The number of urea groups is 1. The molecule has 2 amide bonds. The number of carbonyl (C=O) groups is 1. The number of rotatable bonds is 5. The van der Waals surface area contributed by atoms with E-state index in [9.17, 15) is 4.79 Å². The number of hydrogen-bond acceptors (Lipinski definition) is 3. The average Bonchev–Trinajstić information content (AvgIpc) is 2.29. The molecule has 0 bridgehead atoms. The van der Waals surface area contributed by atoms with E-state index in [-0.39, 0.29) is 6.03 Å². The van der Waals surface area contributed by atoms with Crippen molar-refractivity contribution in [3.8, 4) is 0 Å². The van der Waals surface area contributed by atoms with Crippen LogP contribution in [0.2, 0.25) is 0 Å². The zero-order chi connectivity index (χ0) is 11.8. The smallest absolute Gasteiger partial charge is 0.320 e. The van der Waals surface area contributed by atoms with Gasteiger partial charge in [0.25, 0.3) is 0 Å². The second kappa shape index (κ2) is 6.79. The van der Waals surface area contributed by atoms with Crippen LogP contribution in [-0.4, -0.2) is 17.6 Å². The molecular formula is C11H18N4O. The standard InChI is InChI=1S/C11H18N4O/c1-2-3-7-13-11(16)15-10-6-4-5-9(8-12)14-10/h4-6H,2-3,7-8,12H2,1H3,(H2,13,14,15,16). The van der Waals surface area contributed by atoms with Crippen LogP contribution in [0.4, 0.5) is 10.6 Å². The van der Waals surface area contributed by atoms with Crippen LogP contribution in [0, 0.1) is 0 Å². The fraction of sp³-hybridized carbons (Fsp3) is 0.455. The lowest BCUT2D eigenvalue weighted by molar-refractivity contribution is 0.252. The van der Waals surface area contributed by atoms with E-state index in [0.29, 0.717) is 18.9 Å². The summed E-state index contributed by atoms with van der Waals surface area (Å²) >= 11 is 0. The van der Waals surface area contributed by atoms with Crippen molar-refractivity contribution in [1.29, 1.82) is 0 Å². The minimum Gasteiger partial charge on any atom is -0.338 e. The van der Waals surface area contributed by atoms with Crippen molar-refractivity contribution in [1.82, 2.24) is 10.3 Å². The number of nitrogens with one attached hydrogen (secondary N) is 2. The SMILES string of the molecule is CCCCNC(=O)Nc1cccc(CN)n1. The summed E-state index contributed by atoms with van der Waals surface area (Å²) in [7, 11) is 0. The number of anilines is 1. The van der Waals surface area contributed by atoms with E-state index in [2.05, 4.69) is 22.5 Å². The third kappa shape index (κ3) is 4.27. The Morgan fingerprint density at radius 2 is 2.31 bits per heavy atom. The summed E-state index contributed by atoms with van der Waals surface area (Å²) in [5.41, 5.74) is 6.21. The molecule has 5 nitrogen and oxygen atoms in total. The van der Waals surface area contributed by atoms with Gasteiger partial charge >= 0.3 is 6.03 Å². The maximum Gasteiger partial charge on any atom is 0.320 e. The summed E-state index contributed by atoms with van der Waals surface area (Å²) in [6.07, 6.45) is 2.03. The summed E-state index contributed by atoms with van der Waals surface area (Å²) in [6.45, 7) is 3.12. The first kappa shape index (κ1) is 12.4. The Bertz CT molecular complexity index is 341. The predicted molar refractivity (Wildman–Crippen MR) is 64.1 cm³/mol. The number of hydrogen-bond donors (Lipinski definition) is 3. The highest BCUT2D eigenvalue weighted by Crippen LogP contribution is 2.03. The van der Waals surface area contributed by atoms with E-state index in [1.54, 1.807) is 6.07 Å². The van der Waals surface area contributed by atoms with Gasteiger partial charge in [-0.25, -0.2) is 9.78 Å². The van der Waals surface area contributed by atoms with Gasteiger partial charge in [0.05, 0.1) is 5.69 Å². The van der Waals surface area contributed by atoms with Gasteiger partial charge in [-0.15, -0.1) is 0 Å². The maximum atomic E-state index is 11.4. The predicted octanol–water partition coefficient (Wildman–Crippen LogP) is 1.46. The first-order valence-corrected chi connectivity index (χ1v) is 5.47. The second-order valence-electron chi connectivity index (χ2n) is 3.45. The normalized spacial score (nSPS) is 9.88. The molecule has 5 heteroatoms. The number of aromatic nitrogens is 1. The molecule has 0 fully saturated rings. The number of unbranched alkanes of at least 4 members (excludes halogenated alkanes) is 1. The summed E-state index contributed by atoms with van der Waals surface area (Å²) in [5.74, 6) is 0.525. The Balaban J connectivity index is 2.43. The topological polar surface area (TPSA) is 80.0 Å². The van der Waals surface area contributed by atoms with Crippen LogP contribution < -0.4 is 16.4 Å². The van der Waals surface area contributed by atoms with E-state index in [0.717, 1.165) is 18.5 Å². The Morgan fingerprint density at radius 3 is 3.00 bits per heavy atom. The van der Waals surface area contributed by atoms with Crippen LogP contribution in [0.15, 0.2) is 18.2 Å². The molecule has 88 valence electrons. The average molecular weight is 222 g/mol. The summed E-state index contributed by atoms with van der Waals surface area (Å²) in [5, 5.41) is 5.41. The monoisotopic (exact) mass is 222 g/mol. The van der Waals surface area contributed by atoms with Gasteiger partial charge in [0.2, 0.25) is 0 Å². The van der Waals surface area contributed by atoms with Gasteiger partial charge in [0, 0.05) is 13.1 Å². The van der Waals surface area contributed by atoms with E-state index in [1.165, 1.54) is 0 Å². The van der Waals surface area contributed by atoms with Crippen molar-refractivity contribution in [3.05, 3.63) is 23.9 Å². The molecule has 0 saturated carbocycles. The first-order chi connectivity index (χ1) is 7.76. The van der Waals surface area contributed by atoms with E-state index >= 15 is 0 Å².